The van der Waals surface area contributed by atoms with Gasteiger partial charge in [-0.15, -0.1) is 0 Å². The van der Waals surface area contributed by atoms with E-state index in [-0.39, 0.29) is 17.9 Å². The molecule has 0 bridgehead atoms. The van der Waals surface area contributed by atoms with Gasteiger partial charge in [0.05, 0.1) is 17.7 Å². The Morgan fingerprint density at radius 3 is 2.26 bits per heavy atom. The summed E-state index contributed by atoms with van der Waals surface area (Å²) >= 11 is 3.12. The molecule has 1 atom stereocenters. The lowest BCUT2D eigenvalue weighted by Gasteiger charge is -2.18. The van der Waals surface area contributed by atoms with Crippen molar-refractivity contribution < 1.29 is 27.8 Å². The van der Waals surface area contributed by atoms with Gasteiger partial charge in [0.15, 0.2) is 17.6 Å². The molecule has 19 heavy (non-hydrogen) atoms. The van der Waals surface area contributed by atoms with E-state index in [9.17, 15) is 18.3 Å². The van der Waals surface area contributed by atoms with Crippen LogP contribution >= 0.6 is 15.9 Å². The first-order chi connectivity index (χ1) is 8.81. The van der Waals surface area contributed by atoms with Gasteiger partial charge in [-0.3, -0.25) is 0 Å². The van der Waals surface area contributed by atoms with E-state index in [4.69, 9.17) is 9.47 Å². The Balaban J connectivity index is 3.23. The minimum Gasteiger partial charge on any atom is -0.490 e. The molecule has 0 saturated carbocycles. The molecule has 1 unspecified atom stereocenters. The van der Waals surface area contributed by atoms with Gasteiger partial charge in [0.2, 0.25) is 0 Å². The fourth-order valence-corrected chi connectivity index (χ4v) is 2.06. The lowest BCUT2D eigenvalue weighted by atomic mass is 10.1. The van der Waals surface area contributed by atoms with Crippen LogP contribution in [0.5, 0.6) is 11.5 Å². The van der Waals surface area contributed by atoms with Crippen molar-refractivity contribution in [2.45, 2.75) is 26.1 Å². The third kappa shape index (κ3) is 4.01. The molecular formula is C12H14BrF3O3. The van der Waals surface area contributed by atoms with Crippen molar-refractivity contribution in [2.75, 3.05) is 13.2 Å². The lowest BCUT2D eigenvalue weighted by molar-refractivity contribution is -0.206. The molecule has 0 saturated heterocycles. The van der Waals surface area contributed by atoms with Gasteiger partial charge in [-0.05, 0) is 47.5 Å². The number of hydrogen-bond donors (Lipinski definition) is 1. The van der Waals surface area contributed by atoms with Gasteiger partial charge < -0.3 is 14.6 Å². The number of aliphatic hydroxyl groups is 1. The van der Waals surface area contributed by atoms with E-state index in [0.29, 0.717) is 16.8 Å². The summed E-state index contributed by atoms with van der Waals surface area (Å²) in [4.78, 5) is 0. The van der Waals surface area contributed by atoms with E-state index in [1.54, 1.807) is 13.8 Å². The fraction of sp³-hybridized carbons (Fsp3) is 0.500. The molecule has 0 aliphatic rings. The summed E-state index contributed by atoms with van der Waals surface area (Å²) in [5.74, 6) is 0.486. The molecule has 1 rings (SSSR count). The van der Waals surface area contributed by atoms with E-state index >= 15 is 0 Å². The summed E-state index contributed by atoms with van der Waals surface area (Å²) in [5, 5.41) is 9.25. The monoisotopic (exact) mass is 342 g/mol. The first-order valence-corrected chi connectivity index (χ1v) is 6.44. The fourth-order valence-electron chi connectivity index (χ4n) is 1.48. The second kappa shape index (κ2) is 6.47. The summed E-state index contributed by atoms with van der Waals surface area (Å²) in [5.41, 5.74) is -0.300. The predicted molar refractivity (Wildman–Crippen MR) is 67.5 cm³/mol. The molecule has 0 heterocycles. The average molecular weight is 343 g/mol. The number of ether oxygens (including phenoxy) is 2. The molecule has 1 aromatic rings. The molecule has 0 radical (unpaired) electrons. The van der Waals surface area contributed by atoms with Crippen LogP contribution < -0.4 is 9.47 Å². The van der Waals surface area contributed by atoms with Gasteiger partial charge >= 0.3 is 6.18 Å². The Labute approximate surface area is 117 Å². The molecular weight excluding hydrogens is 329 g/mol. The van der Waals surface area contributed by atoms with Crippen molar-refractivity contribution in [3.05, 3.63) is 22.2 Å². The Hall–Kier alpha value is -0.950. The van der Waals surface area contributed by atoms with Crippen LogP contribution in [0.25, 0.3) is 0 Å². The van der Waals surface area contributed by atoms with Crippen LogP contribution in [-0.4, -0.2) is 24.5 Å². The number of hydrogen-bond acceptors (Lipinski definition) is 3. The van der Waals surface area contributed by atoms with Crippen LogP contribution in [0.3, 0.4) is 0 Å². The number of rotatable bonds is 5. The molecule has 1 aromatic carbocycles. The smallest absolute Gasteiger partial charge is 0.418 e. The van der Waals surface area contributed by atoms with E-state index in [1.165, 1.54) is 6.07 Å². The van der Waals surface area contributed by atoms with E-state index < -0.39 is 12.3 Å². The van der Waals surface area contributed by atoms with Crippen molar-refractivity contribution in [3.63, 3.8) is 0 Å². The van der Waals surface area contributed by atoms with Crippen molar-refractivity contribution in [1.82, 2.24) is 0 Å². The predicted octanol–water partition coefficient (Wildman–Crippen LogP) is 3.84. The largest absolute Gasteiger partial charge is 0.490 e. The molecule has 3 nitrogen and oxygen atoms in total. The molecule has 0 aliphatic carbocycles. The highest BCUT2D eigenvalue weighted by Crippen LogP contribution is 2.41. The maximum Gasteiger partial charge on any atom is 0.418 e. The first kappa shape index (κ1) is 16.1. The number of benzene rings is 1. The SMILES string of the molecule is CCOc1cc(C(O)C(F)(F)F)cc(Br)c1OCC. The standard InChI is InChI=1S/C12H14BrF3O3/c1-3-18-9-6-7(11(17)12(14,15)16)5-8(13)10(9)19-4-2/h5-6,11,17H,3-4H2,1-2H3. The van der Waals surface area contributed by atoms with Crippen LogP contribution in [0.4, 0.5) is 13.2 Å². The zero-order chi connectivity index (χ0) is 14.6. The minimum atomic E-state index is -4.73. The Morgan fingerprint density at radius 1 is 1.21 bits per heavy atom. The average Bonchev–Trinajstić information content (AvgIpc) is 2.31. The summed E-state index contributed by atoms with van der Waals surface area (Å²) in [6.45, 7) is 4.08. The first-order valence-electron chi connectivity index (χ1n) is 5.65. The van der Waals surface area contributed by atoms with Gasteiger partial charge in [-0.1, -0.05) is 0 Å². The Kier molecular flexibility index (Phi) is 5.49. The quantitative estimate of drug-likeness (QED) is 0.883. The summed E-state index contributed by atoms with van der Waals surface area (Å²) in [6, 6.07) is 2.31. The van der Waals surface area contributed by atoms with Crippen LogP contribution in [0.15, 0.2) is 16.6 Å². The minimum absolute atomic E-state index is 0.164. The second-order valence-electron chi connectivity index (χ2n) is 3.64. The second-order valence-corrected chi connectivity index (χ2v) is 4.49. The highest BCUT2D eigenvalue weighted by atomic mass is 79.9. The molecule has 0 spiro atoms. The van der Waals surface area contributed by atoms with E-state index in [0.717, 1.165) is 6.07 Å². The molecule has 7 heteroatoms. The van der Waals surface area contributed by atoms with Crippen LogP contribution in [0.2, 0.25) is 0 Å². The summed E-state index contributed by atoms with van der Waals surface area (Å²) in [6.07, 6.45) is -7.28. The van der Waals surface area contributed by atoms with E-state index in [2.05, 4.69) is 15.9 Å². The van der Waals surface area contributed by atoms with Gasteiger partial charge in [0.25, 0.3) is 0 Å². The zero-order valence-corrected chi connectivity index (χ0v) is 12.0. The number of alkyl halides is 3. The van der Waals surface area contributed by atoms with Gasteiger partial charge in [0.1, 0.15) is 0 Å². The zero-order valence-electron chi connectivity index (χ0n) is 10.4. The molecule has 0 aliphatic heterocycles. The summed E-state index contributed by atoms with van der Waals surface area (Å²) < 4.78 is 48.3. The van der Waals surface area contributed by atoms with Crippen molar-refractivity contribution >= 4 is 15.9 Å². The normalized spacial score (nSPS) is 13.2. The van der Waals surface area contributed by atoms with Crippen LogP contribution in [-0.2, 0) is 0 Å². The third-order valence-corrected chi connectivity index (χ3v) is 2.84. The summed E-state index contributed by atoms with van der Waals surface area (Å²) in [7, 11) is 0. The number of halogens is 4. The van der Waals surface area contributed by atoms with Crippen molar-refractivity contribution in [2.24, 2.45) is 0 Å². The Morgan fingerprint density at radius 2 is 1.79 bits per heavy atom. The maximum absolute atomic E-state index is 12.5. The third-order valence-electron chi connectivity index (χ3n) is 2.25. The van der Waals surface area contributed by atoms with E-state index in [1.807, 2.05) is 0 Å². The lowest BCUT2D eigenvalue weighted by Crippen LogP contribution is -2.20. The van der Waals surface area contributed by atoms with Crippen molar-refractivity contribution in [3.8, 4) is 11.5 Å². The molecule has 1 N–H and O–H groups in total. The number of aliphatic hydroxyl groups excluding tert-OH is 1. The molecule has 0 aromatic heterocycles. The van der Waals surface area contributed by atoms with Gasteiger partial charge in [-0.2, -0.15) is 13.2 Å². The van der Waals surface area contributed by atoms with Gasteiger partial charge in [-0.25, -0.2) is 0 Å². The maximum atomic E-state index is 12.5. The van der Waals surface area contributed by atoms with Crippen LogP contribution in [0.1, 0.15) is 25.5 Å². The molecule has 108 valence electrons. The van der Waals surface area contributed by atoms with Crippen LogP contribution in [0, 0.1) is 0 Å². The highest BCUT2D eigenvalue weighted by molar-refractivity contribution is 9.10. The van der Waals surface area contributed by atoms with Crippen molar-refractivity contribution in [1.29, 1.82) is 0 Å². The van der Waals surface area contributed by atoms with Gasteiger partial charge in [0, 0.05) is 0 Å². The molecule has 0 fully saturated rings. The topological polar surface area (TPSA) is 38.7 Å². The molecule has 0 amide bonds. The highest BCUT2D eigenvalue weighted by Gasteiger charge is 2.40. The Bertz CT molecular complexity index is 435.